The summed E-state index contributed by atoms with van der Waals surface area (Å²) in [5.41, 5.74) is 5.34. The fourth-order valence-corrected chi connectivity index (χ4v) is 4.04. The molecule has 4 unspecified atom stereocenters. The van der Waals surface area contributed by atoms with Gasteiger partial charge in [-0.15, -0.1) is 0 Å². The molecule has 0 aromatic heterocycles. The van der Waals surface area contributed by atoms with Gasteiger partial charge in [0.05, 0.1) is 32.0 Å². The lowest BCUT2D eigenvalue weighted by Gasteiger charge is -2.65. The van der Waals surface area contributed by atoms with Gasteiger partial charge in [-0.1, -0.05) is 13.8 Å². The summed E-state index contributed by atoms with van der Waals surface area (Å²) in [6.07, 6.45) is 1.95. The second-order valence-electron chi connectivity index (χ2n) is 6.91. The van der Waals surface area contributed by atoms with Crippen molar-refractivity contribution in [2.45, 2.75) is 44.4 Å². The summed E-state index contributed by atoms with van der Waals surface area (Å²) in [6.45, 7) is 7.01. The normalized spacial score (nSPS) is 41.8. The Labute approximate surface area is 125 Å². The van der Waals surface area contributed by atoms with E-state index >= 15 is 0 Å². The number of hydrogen-bond acceptors (Lipinski definition) is 5. The molecule has 3 N–H and O–H groups in total. The van der Waals surface area contributed by atoms with Crippen molar-refractivity contribution in [2.24, 2.45) is 17.1 Å². The number of ether oxygens (including phenoxy) is 3. The third-order valence-electron chi connectivity index (χ3n) is 5.44. The van der Waals surface area contributed by atoms with Gasteiger partial charge in [-0.25, -0.2) is 0 Å². The van der Waals surface area contributed by atoms with Crippen LogP contribution in [0.25, 0.3) is 0 Å². The predicted octanol–water partition coefficient (Wildman–Crippen LogP) is 0.0505. The summed E-state index contributed by atoms with van der Waals surface area (Å²) in [5, 5.41) is 2.96. The highest BCUT2D eigenvalue weighted by Gasteiger charge is 2.70. The Bertz CT molecular complexity index is 408. The second kappa shape index (κ2) is 5.50. The highest BCUT2D eigenvalue weighted by Crippen LogP contribution is 2.57. The van der Waals surface area contributed by atoms with Gasteiger partial charge in [-0.2, -0.15) is 0 Å². The maximum atomic E-state index is 12.7. The van der Waals surface area contributed by atoms with Crippen molar-refractivity contribution in [3.05, 3.63) is 0 Å². The van der Waals surface area contributed by atoms with Crippen LogP contribution in [0, 0.1) is 11.3 Å². The summed E-state index contributed by atoms with van der Waals surface area (Å²) in [7, 11) is 0. The number of hydrogen-bond donors (Lipinski definition) is 2. The molecule has 3 aliphatic rings. The van der Waals surface area contributed by atoms with Gasteiger partial charge >= 0.3 is 0 Å². The van der Waals surface area contributed by atoms with E-state index in [2.05, 4.69) is 5.32 Å². The molecular formula is C15H26N2O4. The Kier molecular flexibility index (Phi) is 3.98. The first-order valence-electron chi connectivity index (χ1n) is 7.86. The molecule has 0 bridgehead atoms. The first-order chi connectivity index (χ1) is 9.98. The lowest BCUT2D eigenvalue weighted by molar-refractivity contribution is -0.225. The maximum Gasteiger partial charge on any atom is 0.241 e. The zero-order valence-corrected chi connectivity index (χ0v) is 12.9. The molecule has 1 saturated carbocycles. The molecule has 0 radical (unpaired) electrons. The van der Waals surface area contributed by atoms with E-state index in [4.69, 9.17) is 19.9 Å². The minimum atomic E-state index is -0.854. The first kappa shape index (κ1) is 15.2. The Balaban J connectivity index is 1.62. The zero-order valence-electron chi connectivity index (χ0n) is 12.9. The molecule has 2 heterocycles. The van der Waals surface area contributed by atoms with Gasteiger partial charge in [0.1, 0.15) is 5.54 Å². The van der Waals surface area contributed by atoms with Crippen LogP contribution < -0.4 is 11.1 Å². The van der Waals surface area contributed by atoms with Gasteiger partial charge in [0.15, 0.2) is 0 Å². The minimum Gasteiger partial charge on any atom is -0.377 e. The molecule has 6 nitrogen and oxygen atoms in total. The van der Waals surface area contributed by atoms with Crippen LogP contribution in [0.1, 0.15) is 26.7 Å². The molecule has 4 atom stereocenters. The van der Waals surface area contributed by atoms with E-state index in [1.165, 1.54) is 0 Å². The number of nitrogens with two attached hydrogens (primary N) is 1. The molecule has 120 valence electrons. The van der Waals surface area contributed by atoms with Crippen molar-refractivity contribution < 1.29 is 19.0 Å². The smallest absolute Gasteiger partial charge is 0.241 e. The zero-order chi connectivity index (χ0) is 15.1. The molecule has 1 aliphatic carbocycles. The number of carbonyl (C=O) groups is 1. The number of carbonyl (C=O) groups excluding carboxylic acids is 1. The summed E-state index contributed by atoms with van der Waals surface area (Å²) >= 11 is 0. The van der Waals surface area contributed by atoms with E-state index < -0.39 is 5.54 Å². The van der Waals surface area contributed by atoms with Crippen LogP contribution in [0.3, 0.4) is 0 Å². The molecule has 21 heavy (non-hydrogen) atoms. The average Bonchev–Trinajstić information content (AvgIpc) is 2.52. The summed E-state index contributed by atoms with van der Waals surface area (Å²) in [6, 6.07) is 0. The van der Waals surface area contributed by atoms with E-state index in [9.17, 15) is 4.79 Å². The lowest BCUT2D eigenvalue weighted by Crippen LogP contribution is -2.82. The van der Waals surface area contributed by atoms with Crippen LogP contribution in [-0.2, 0) is 19.0 Å². The topological polar surface area (TPSA) is 82.8 Å². The fraction of sp³-hybridized carbons (Fsp3) is 0.933. The predicted molar refractivity (Wildman–Crippen MR) is 76.7 cm³/mol. The maximum absolute atomic E-state index is 12.7. The van der Waals surface area contributed by atoms with Crippen molar-refractivity contribution in [2.75, 3.05) is 33.0 Å². The summed E-state index contributed by atoms with van der Waals surface area (Å²) < 4.78 is 16.7. The third kappa shape index (κ3) is 2.29. The quantitative estimate of drug-likeness (QED) is 0.769. The third-order valence-corrected chi connectivity index (χ3v) is 5.44. The number of rotatable bonds is 3. The molecule has 0 spiro atoms. The average molecular weight is 298 g/mol. The van der Waals surface area contributed by atoms with Gasteiger partial charge in [0.2, 0.25) is 5.91 Å². The molecule has 3 rings (SSSR count). The fourth-order valence-electron chi connectivity index (χ4n) is 4.04. The van der Waals surface area contributed by atoms with Gasteiger partial charge in [-0.05, 0) is 12.8 Å². The molecular weight excluding hydrogens is 272 g/mol. The molecule has 2 aliphatic heterocycles. The lowest BCUT2D eigenvalue weighted by atomic mass is 9.46. The van der Waals surface area contributed by atoms with E-state index in [0.29, 0.717) is 26.4 Å². The number of fused-ring (bicyclic) bond motifs is 1. The summed E-state index contributed by atoms with van der Waals surface area (Å²) in [4.78, 5) is 12.7. The monoisotopic (exact) mass is 298 g/mol. The largest absolute Gasteiger partial charge is 0.377 e. The van der Waals surface area contributed by atoms with E-state index in [1.807, 2.05) is 13.8 Å². The molecule has 6 heteroatoms. The van der Waals surface area contributed by atoms with Crippen LogP contribution >= 0.6 is 0 Å². The second-order valence-corrected chi connectivity index (χ2v) is 6.91. The van der Waals surface area contributed by atoms with Crippen molar-refractivity contribution in [1.29, 1.82) is 0 Å². The van der Waals surface area contributed by atoms with E-state index in [-0.39, 0.29) is 29.4 Å². The standard InChI is InChI=1S/C15H26N2O4/c1-14(2)12-11(4-3-5-21-12)15(14,16)13(18)17-8-10-9-19-6-7-20-10/h10-12H,3-9,16H2,1-2H3,(H,17,18). The number of nitrogens with one attached hydrogen (secondary N) is 1. The van der Waals surface area contributed by atoms with E-state index in [0.717, 1.165) is 19.4 Å². The Hall–Kier alpha value is -0.690. The highest BCUT2D eigenvalue weighted by molar-refractivity contribution is 5.89. The van der Waals surface area contributed by atoms with Gasteiger partial charge in [0.25, 0.3) is 0 Å². The number of amides is 1. The van der Waals surface area contributed by atoms with Crippen molar-refractivity contribution >= 4 is 5.91 Å². The Morgan fingerprint density at radius 1 is 1.29 bits per heavy atom. The van der Waals surface area contributed by atoms with Crippen LogP contribution in [-0.4, -0.2) is 56.6 Å². The van der Waals surface area contributed by atoms with Crippen molar-refractivity contribution in [3.8, 4) is 0 Å². The van der Waals surface area contributed by atoms with E-state index in [1.54, 1.807) is 0 Å². The van der Waals surface area contributed by atoms with Crippen LogP contribution in [0.4, 0.5) is 0 Å². The first-order valence-corrected chi connectivity index (χ1v) is 7.86. The molecule has 3 fully saturated rings. The molecule has 0 aromatic carbocycles. The van der Waals surface area contributed by atoms with Crippen LogP contribution in [0.15, 0.2) is 0 Å². The molecule has 0 aromatic rings. The van der Waals surface area contributed by atoms with Gasteiger partial charge in [0, 0.05) is 24.5 Å². The highest BCUT2D eigenvalue weighted by atomic mass is 16.6. The summed E-state index contributed by atoms with van der Waals surface area (Å²) in [5.74, 6) is 0.0261. The SMILES string of the molecule is CC1(C)C2OCCCC2C1(N)C(=O)NCC1COCCO1. The van der Waals surface area contributed by atoms with Crippen LogP contribution in [0.2, 0.25) is 0 Å². The molecule has 2 saturated heterocycles. The minimum absolute atomic E-state index is 0.0760. The van der Waals surface area contributed by atoms with Gasteiger partial charge < -0.3 is 25.3 Å². The van der Waals surface area contributed by atoms with Gasteiger partial charge in [-0.3, -0.25) is 4.79 Å². The Morgan fingerprint density at radius 2 is 2.10 bits per heavy atom. The Morgan fingerprint density at radius 3 is 2.81 bits per heavy atom. The van der Waals surface area contributed by atoms with Crippen molar-refractivity contribution in [3.63, 3.8) is 0 Å². The van der Waals surface area contributed by atoms with Crippen molar-refractivity contribution in [1.82, 2.24) is 5.32 Å². The molecule has 1 amide bonds. The van der Waals surface area contributed by atoms with Crippen LogP contribution in [0.5, 0.6) is 0 Å².